The van der Waals surface area contributed by atoms with E-state index in [1.165, 1.54) is 34.6 Å². The van der Waals surface area contributed by atoms with E-state index in [1.54, 1.807) is 0 Å². The fraction of sp³-hybridized carbons (Fsp3) is 1.00. The van der Waals surface area contributed by atoms with Crippen molar-refractivity contribution in [3.05, 3.63) is 0 Å². The Kier molecular flexibility index (Phi) is 3.84. The standard InChI is InChI=1S/C9H21O5P/c1-7(2,10)9(5,11)8(3,4)14-15(6,12)13/h10-11H,1-6H3,(H,12,13). The van der Waals surface area contributed by atoms with E-state index < -0.39 is 24.4 Å². The van der Waals surface area contributed by atoms with E-state index in [-0.39, 0.29) is 0 Å². The average Bonchev–Trinajstić information content (AvgIpc) is 1.77. The van der Waals surface area contributed by atoms with Crippen LogP contribution < -0.4 is 0 Å². The summed E-state index contributed by atoms with van der Waals surface area (Å²) in [4.78, 5) is 9.12. The molecule has 0 spiro atoms. The third kappa shape index (κ3) is 3.54. The molecule has 0 amide bonds. The molecule has 15 heavy (non-hydrogen) atoms. The molecule has 3 N–H and O–H groups in total. The Morgan fingerprint density at radius 2 is 1.40 bits per heavy atom. The molecule has 0 aromatic carbocycles. The summed E-state index contributed by atoms with van der Waals surface area (Å²) in [6.07, 6.45) is 0. The van der Waals surface area contributed by atoms with Crippen LogP contribution in [0.5, 0.6) is 0 Å². The second-order valence-corrected chi connectivity index (χ2v) is 6.82. The fourth-order valence-electron chi connectivity index (χ4n) is 1.25. The summed E-state index contributed by atoms with van der Waals surface area (Å²) < 4.78 is 16.1. The third-order valence-corrected chi connectivity index (χ3v) is 3.56. The van der Waals surface area contributed by atoms with Gasteiger partial charge in [-0.1, -0.05) is 0 Å². The monoisotopic (exact) mass is 240 g/mol. The summed E-state index contributed by atoms with van der Waals surface area (Å²) in [7, 11) is -3.72. The highest BCUT2D eigenvalue weighted by atomic mass is 31.2. The molecule has 0 radical (unpaired) electrons. The molecule has 0 saturated heterocycles. The molecule has 0 aliphatic heterocycles. The molecule has 2 atom stereocenters. The highest BCUT2D eigenvalue weighted by molar-refractivity contribution is 7.51. The Morgan fingerprint density at radius 3 is 1.60 bits per heavy atom. The van der Waals surface area contributed by atoms with Crippen LogP contribution in [-0.2, 0) is 9.09 Å². The Hall–Kier alpha value is 0.0700. The number of aliphatic hydroxyl groups is 2. The van der Waals surface area contributed by atoms with Gasteiger partial charge in [-0.3, -0.25) is 9.09 Å². The van der Waals surface area contributed by atoms with Crippen molar-refractivity contribution in [2.75, 3.05) is 6.66 Å². The zero-order valence-corrected chi connectivity index (χ0v) is 11.0. The minimum atomic E-state index is -3.72. The van der Waals surface area contributed by atoms with Gasteiger partial charge in [-0.05, 0) is 34.6 Å². The highest BCUT2D eigenvalue weighted by Gasteiger charge is 2.52. The van der Waals surface area contributed by atoms with Gasteiger partial charge in [-0.25, -0.2) is 0 Å². The maximum atomic E-state index is 11.1. The molecule has 92 valence electrons. The van der Waals surface area contributed by atoms with E-state index in [0.717, 1.165) is 6.66 Å². The van der Waals surface area contributed by atoms with Gasteiger partial charge in [-0.15, -0.1) is 0 Å². The van der Waals surface area contributed by atoms with Crippen molar-refractivity contribution >= 4 is 7.60 Å². The molecule has 0 rings (SSSR count). The molecule has 2 unspecified atom stereocenters. The molecule has 0 bridgehead atoms. The van der Waals surface area contributed by atoms with Crippen LogP contribution in [0.2, 0.25) is 0 Å². The van der Waals surface area contributed by atoms with Crippen LogP contribution in [-0.4, -0.2) is 38.6 Å². The Balaban J connectivity index is 5.12. The number of hydrogen-bond acceptors (Lipinski definition) is 4. The predicted molar refractivity (Wildman–Crippen MR) is 57.8 cm³/mol. The van der Waals surface area contributed by atoms with E-state index in [2.05, 4.69) is 0 Å². The number of hydrogen-bond donors (Lipinski definition) is 3. The predicted octanol–water partition coefficient (Wildman–Crippen LogP) is 1.12. The van der Waals surface area contributed by atoms with Crippen LogP contribution in [0.4, 0.5) is 0 Å². The van der Waals surface area contributed by atoms with Crippen molar-refractivity contribution in [2.45, 2.75) is 51.4 Å². The molecule has 0 heterocycles. The van der Waals surface area contributed by atoms with Crippen LogP contribution in [0.25, 0.3) is 0 Å². The SMILES string of the molecule is CC(C)(O)C(C)(O)C(C)(C)OP(C)(=O)O. The van der Waals surface area contributed by atoms with E-state index >= 15 is 0 Å². The zero-order valence-electron chi connectivity index (χ0n) is 10.1. The van der Waals surface area contributed by atoms with Crippen molar-refractivity contribution in [2.24, 2.45) is 0 Å². The lowest BCUT2D eigenvalue weighted by Crippen LogP contribution is -2.61. The van der Waals surface area contributed by atoms with Gasteiger partial charge in [0.15, 0.2) is 0 Å². The zero-order chi connectivity index (χ0) is 12.7. The van der Waals surface area contributed by atoms with Gasteiger partial charge in [-0.2, -0.15) is 0 Å². The minimum absolute atomic E-state index is 1.04. The summed E-state index contributed by atoms with van der Waals surface area (Å²) in [5.74, 6) is 0. The fourth-order valence-corrected chi connectivity index (χ4v) is 2.27. The van der Waals surface area contributed by atoms with Crippen LogP contribution >= 0.6 is 7.60 Å². The van der Waals surface area contributed by atoms with E-state index in [4.69, 9.17) is 9.42 Å². The Labute approximate surface area is 90.6 Å². The van der Waals surface area contributed by atoms with Crippen LogP contribution in [0, 0.1) is 0 Å². The summed E-state index contributed by atoms with van der Waals surface area (Å²) in [5.41, 5.74) is -4.45. The molecule has 0 aliphatic rings. The van der Waals surface area contributed by atoms with Gasteiger partial charge in [0, 0.05) is 6.66 Å². The Morgan fingerprint density at radius 1 is 1.07 bits per heavy atom. The normalized spacial score (nSPS) is 21.9. The van der Waals surface area contributed by atoms with Crippen molar-refractivity contribution in [3.63, 3.8) is 0 Å². The maximum absolute atomic E-state index is 11.1. The van der Waals surface area contributed by atoms with Crippen LogP contribution in [0.1, 0.15) is 34.6 Å². The summed E-state index contributed by atoms with van der Waals surface area (Å²) in [6.45, 7) is 8.14. The molecule has 5 nitrogen and oxygen atoms in total. The second kappa shape index (κ2) is 3.82. The van der Waals surface area contributed by atoms with Gasteiger partial charge in [0.1, 0.15) is 11.2 Å². The van der Waals surface area contributed by atoms with Gasteiger partial charge >= 0.3 is 7.60 Å². The molecule has 0 saturated carbocycles. The molecule has 0 aromatic heterocycles. The molecule has 6 heteroatoms. The summed E-state index contributed by atoms with van der Waals surface area (Å²) >= 11 is 0. The smallest absolute Gasteiger partial charge is 0.325 e. The lowest BCUT2D eigenvalue weighted by Gasteiger charge is -2.46. The Bertz CT molecular complexity index is 271. The van der Waals surface area contributed by atoms with Crippen molar-refractivity contribution in [1.82, 2.24) is 0 Å². The van der Waals surface area contributed by atoms with Crippen molar-refractivity contribution in [3.8, 4) is 0 Å². The quantitative estimate of drug-likeness (QED) is 0.641. The van der Waals surface area contributed by atoms with Gasteiger partial charge < -0.3 is 15.1 Å². The maximum Gasteiger partial charge on any atom is 0.325 e. The van der Waals surface area contributed by atoms with E-state index in [1.807, 2.05) is 0 Å². The largest absolute Gasteiger partial charge is 0.387 e. The first kappa shape index (κ1) is 15.1. The lowest BCUT2D eigenvalue weighted by molar-refractivity contribution is -0.203. The molecule has 0 fully saturated rings. The third-order valence-electron chi connectivity index (χ3n) is 2.76. The molecular weight excluding hydrogens is 219 g/mol. The topological polar surface area (TPSA) is 87.0 Å². The highest BCUT2D eigenvalue weighted by Crippen LogP contribution is 2.47. The summed E-state index contributed by atoms with van der Waals surface area (Å²) in [5, 5.41) is 19.9. The van der Waals surface area contributed by atoms with E-state index in [9.17, 15) is 14.8 Å². The number of rotatable bonds is 4. The molecule has 0 aliphatic carbocycles. The van der Waals surface area contributed by atoms with Crippen molar-refractivity contribution < 1.29 is 24.2 Å². The van der Waals surface area contributed by atoms with E-state index in [0.29, 0.717) is 0 Å². The average molecular weight is 240 g/mol. The second-order valence-electron chi connectivity index (χ2n) is 5.04. The summed E-state index contributed by atoms with van der Waals surface area (Å²) in [6, 6.07) is 0. The van der Waals surface area contributed by atoms with Gasteiger partial charge in [0.25, 0.3) is 0 Å². The molecule has 0 aromatic rings. The van der Waals surface area contributed by atoms with Crippen LogP contribution in [0.3, 0.4) is 0 Å². The molecular formula is C9H21O5P. The first-order valence-corrected chi connectivity index (χ1v) is 6.69. The van der Waals surface area contributed by atoms with Gasteiger partial charge in [0.2, 0.25) is 0 Å². The van der Waals surface area contributed by atoms with Crippen LogP contribution in [0.15, 0.2) is 0 Å². The first-order chi connectivity index (χ1) is 6.21. The van der Waals surface area contributed by atoms with Gasteiger partial charge in [0.05, 0.1) is 5.60 Å². The first-order valence-electron chi connectivity index (χ1n) is 4.66. The minimum Gasteiger partial charge on any atom is -0.387 e. The lowest BCUT2D eigenvalue weighted by atomic mass is 9.76. The van der Waals surface area contributed by atoms with Crippen molar-refractivity contribution in [1.29, 1.82) is 0 Å².